The number of aryl methyl sites for hydroxylation is 1. The van der Waals surface area contributed by atoms with E-state index < -0.39 is 5.92 Å². The van der Waals surface area contributed by atoms with Gasteiger partial charge < -0.3 is 9.64 Å². The smallest absolute Gasteiger partial charge is 0.268 e. The van der Waals surface area contributed by atoms with E-state index in [1.54, 1.807) is 30.8 Å². The predicted octanol–water partition coefficient (Wildman–Crippen LogP) is 7.91. The molecule has 0 unspecified atom stereocenters. The van der Waals surface area contributed by atoms with Gasteiger partial charge in [0, 0.05) is 49.6 Å². The van der Waals surface area contributed by atoms with Crippen LogP contribution in [0.5, 0.6) is 0 Å². The van der Waals surface area contributed by atoms with Gasteiger partial charge in [-0.3, -0.25) is 0 Å². The van der Waals surface area contributed by atoms with Crippen molar-refractivity contribution in [3.8, 4) is 0 Å². The molecule has 1 aromatic heterocycles. The maximum absolute atomic E-state index is 13.5. The Balaban J connectivity index is 1.77. The first-order valence-electron chi connectivity index (χ1n) is 12.4. The molecule has 38 heavy (non-hydrogen) atoms. The predicted molar refractivity (Wildman–Crippen MR) is 154 cm³/mol. The molecule has 1 aliphatic carbocycles. The van der Waals surface area contributed by atoms with Crippen LogP contribution in [-0.2, 0) is 10.5 Å². The van der Waals surface area contributed by atoms with Crippen LogP contribution in [-0.4, -0.2) is 40.8 Å². The van der Waals surface area contributed by atoms with E-state index in [0.29, 0.717) is 29.1 Å². The van der Waals surface area contributed by atoms with Gasteiger partial charge in [0.1, 0.15) is 5.03 Å². The number of alkyl halides is 2. The highest BCUT2D eigenvalue weighted by Gasteiger charge is 2.29. The normalized spacial score (nSPS) is 15.2. The zero-order valence-corrected chi connectivity index (χ0v) is 23.8. The molecule has 1 saturated carbocycles. The van der Waals surface area contributed by atoms with E-state index in [9.17, 15) is 8.78 Å². The SMILES string of the molecule is C=CN=C(OC)/C(=C(\C)C1CC1)c1ncc(C)c(SCc2ccc(C(=C)N(C)/C=C(\C)C(C)(F)F)cc2)n1. The van der Waals surface area contributed by atoms with Gasteiger partial charge in [-0.15, -0.1) is 11.8 Å². The summed E-state index contributed by atoms with van der Waals surface area (Å²) in [6, 6.07) is 7.95. The van der Waals surface area contributed by atoms with Crippen LogP contribution in [0.4, 0.5) is 8.78 Å². The molecule has 202 valence electrons. The largest absolute Gasteiger partial charge is 0.480 e. The lowest BCUT2D eigenvalue weighted by Crippen LogP contribution is -2.16. The zero-order chi connectivity index (χ0) is 28.0. The molecule has 1 fully saturated rings. The maximum atomic E-state index is 13.5. The lowest BCUT2D eigenvalue weighted by Gasteiger charge is -2.21. The Labute approximate surface area is 229 Å². The van der Waals surface area contributed by atoms with E-state index >= 15 is 0 Å². The molecule has 5 nitrogen and oxygen atoms in total. The van der Waals surface area contributed by atoms with Gasteiger partial charge in [-0.25, -0.2) is 23.7 Å². The Morgan fingerprint density at radius 2 is 1.92 bits per heavy atom. The number of ether oxygens (including phenoxy) is 1. The van der Waals surface area contributed by atoms with Crippen LogP contribution in [0.3, 0.4) is 0 Å². The molecule has 0 N–H and O–H groups in total. The monoisotopic (exact) mass is 538 g/mol. The van der Waals surface area contributed by atoms with E-state index in [4.69, 9.17) is 9.72 Å². The third-order valence-corrected chi connectivity index (χ3v) is 7.68. The average molecular weight is 539 g/mol. The molecule has 0 saturated heterocycles. The number of aromatic nitrogens is 2. The lowest BCUT2D eigenvalue weighted by atomic mass is 10.0. The van der Waals surface area contributed by atoms with Crippen molar-refractivity contribution in [1.82, 2.24) is 14.9 Å². The van der Waals surface area contributed by atoms with Crippen molar-refractivity contribution < 1.29 is 13.5 Å². The highest BCUT2D eigenvalue weighted by Crippen LogP contribution is 2.40. The molecular formula is C30H36F2N4OS. The Bertz CT molecular complexity index is 1270. The molecule has 0 spiro atoms. The summed E-state index contributed by atoms with van der Waals surface area (Å²) in [5.74, 6) is -0.593. The molecule has 0 amide bonds. The first-order chi connectivity index (χ1) is 18.0. The molecule has 1 aromatic carbocycles. The van der Waals surface area contributed by atoms with Crippen molar-refractivity contribution in [2.24, 2.45) is 10.9 Å². The van der Waals surface area contributed by atoms with Crippen molar-refractivity contribution in [3.63, 3.8) is 0 Å². The molecule has 1 aliphatic rings. The number of nitrogens with zero attached hydrogens (tertiary/aromatic N) is 4. The summed E-state index contributed by atoms with van der Waals surface area (Å²) < 4.78 is 32.6. The van der Waals surface area contributed by atoms with Gasteiger partial charge in [0.15, 0.2) is 5.82 Å². The fourth-order valence-corrected chi connectivity index (χ4v) is 4.71. The number of aliphatic imine (C=N–C) groups is 1. The Hall–Kier alpha value is -3.26. The van der Waals surface area contributed by atoms with Gasteiger partial charge in [-0.1, -0.05) is 43.0 Å². The molecular weight excluding hydrogens is 502 g/mol. The number of thioether (sulfide) groups is 1. The summed E-state index contributed by atoms with van der Waals surface area (Å²) >= 11 is 1.63. The van der Waals surface area contributed by atoms with Gasteiger partial charge in [0.25, 0.3) is 5.92 Å². The van der Waals surface area contributed by atoms with E-state index in [0.717, 1.165) is 47.1 Å². The van der Waals surface area contributed by atoms with Crippen molar-refractivity contribution in [2.45, 2.75) is 57.2 Å². The summed E-state index contributed by atoms with van der Waals surface area (Å²) in [7, 11) is 3.32. The third-order valence-electron chi connectivity index (χ3n) is 6.52. The van der Waals surface area contributed by atoms with Gasteiger partial charge in [-0.2, -0.15) is 0 Å². The molecule has 3 rings (SSSR count). The molecule has 0 radical (unpaired) electrons. The van der Waals surface area contributed by atoms with E-state index in [1.165, 1.54) is 24.9 Å². The quantitative estimate of drug-likeness (QED) is 0.126. The summed E-state index contributed by atoms with van der Waals surface area (Å²) in [4.78, 5) is 15.5. The van der Waals surface area contributed by atoms with Crippen LogP contribution in [0.25, 0.3) is 11.3 Å². The second kappa shape index (κ2) is 12.5. The number of halogens is 2. The van der Waals surface area contributed by atoms with Crippen molar-refractivity contribution in [3.05, 3.63) is 89.7 Å². The Morgan fingerprint density at radius 3 is 2.47 bits per heavy atom. The van der Waals surface area contributed by atoms with Gasteiger partial charge >= 0.3 is 0 Å². The molecule has 2 aromatic rings. The zero-order valence-electron chi connectivity index (χ0n) is 23.0. The van der Waals surface area contributed by atoms with Crippen LogP contribution in [0, 0.1) is 12.8 Å². The summed E-state index contributed by atoms with van der Waals surface area (Å²) in [5, 5.41) is 0.888. The lowest BCUT2D eigenvalue weighted by molar-refractivity contribution is 0.0622. The number of benzene rings is 1. The maximum Gasteiger partial charge on any atom is 0.268 e. The minimum absolute atomic E-state index is 0.0209. The molecule has 0 aliphatic heterocycles. The number of methoxy groups -OCH3 is 1. The number of hydrogen-bond acceptors (Lipinski definition) is 6. The summed E-state index contributed by atoms with van der Waals surface area (Å²) in [6.07, 6.45) is 7.02. The highest BCUT2D eigenvalue weighted by molar-refractivity contribution is 7.98. The van der Waals surface area contributed by atoms with Gasteiger partial charge in [-0.05, 0) is 56.2 Å². The number of allylic oxidation sites excluding steroid dienone is 2. The minimum Gasteiger partial charge on any atom is -0.480 e. The van der Waals surface area contributed by atoms with Gasteiger partial charge in [0.05, 0.1) is 12.7 Å². The molecule has 0 atom stereocenters. The van der Waals surface area contributed by atoms with Crippen molar-refractivity contribution in [1.29, 1.82) is 0 Å². The Morgan fingerprint density at radius 1 is 1.26 bits per heavy atom. The van der Waals surface area contributed by atoms with Crippen molar-refractivity contribution >= 4 is 28.9 Å². The average Bonchev–Trinajstić information content (AvgIpc) is 3.73. The fraction of sp³-hybridized carbons (Fsp3) is 0.367. The third kappa shape index (κ3) is 7.40. The minimum atomic E-state index is -2.87. The molecule has 1 heterocycles. The van der Waals surface area contributed by atoms with Crippen LogP contribution in [0.15, 0.2) is 77.2 Å². The first-order valence-corrected chi connectivity index (χ1v) is 13.4. The summed E-state index contributed by atoms with van der Waals surface area (Å²) in [5.41, 5.74) is 5.59. The van der Waals surface area contributed by atoms with E-state index in [-0.39, 0.29) is 5.57 Å². The molecule has 0 bridgehead atoms. The second-order valence-electron chi connectivity index (χ2n) is 9.58. The Kier molecular flexibility index (Phi) is 9.66. The molecule has 8 heteroatoms. The number of rotatable bonds is 11. The van der Waals surface area contributed by atoms with Crippen LogP contribution in [0.2, 0.25) is 0 Å². The van der Waals surface area contributed by atoms with E-state index in [2.05, 4.69) is 30.1 Å². The van der Waals surface area contributed by atoms with E-state index in [1.807, 2.05) is 37.4 Å². The number of hydrogen-bond donors (Lipinski definition) is 0. The van der Waals surface area contributed by atoms with Crippen LogP contribution >= 0.6 is 11.8 Å². The standard InChI is InChI=1S/C30H36F2N4OS/c1-9-33-28(37-8)26(21(4)24-14-15-24)27-34-16-19(2)29(35-27)38-18-23-10-12-25(13-11-23)22(5)36(7)17-20(3)30(6,31)32/h9-13,16-17,24H,1,5,14-15,18H2,2-4,6-8H3/b20-17+,26-21+,33-28?. The van der Waals surface area contributed by atoms with Crippen molar-refractivity contribution in [2.75, 3.05) is 14.2 Å². The second-order valence-corrected chi connectivity index (χ2v) is 10.5. The van der Waals surface area contributed by atoms with Gasteiger partial charge in [0.2, 0.25) is 5.90 Å². The summed E-state index contributed by atoms with van der Waals surface area (Å²) in [6.45, 7) is 14.2. The first kappa shape index (κ1) is 29.3. The highest BCUT2D eigenvalue weighted by atomic mass is 32.2. The fourth-order valence-electron chi connectivity index (χ4n) is 3.79. The van der Waals surface area contributed by atoms with Crippen LogP contribution < -0.4 is 0 Å². The topological polar surface area (TPSA) is 50.6 Å². The van der Waals surface area contributed by atoms with Crippen LogP contribution in [0.1, 0.15) is 56.1 Å².